The zero-order valence-corrected chi connectivity index (χ0v) is 11.7. The van der Waals surface area contributed by atoms with E-state index in [1.165, 1.54) is 12.8 Å². The first kappa shape index (κ1) is 15.7. The molecule has 3 nitrogen and oxygen atoms in total. The van der Waals surface area contributed by atoms with Crippen LogP contribution in [0.5, 0.6) is 0 Å². The van der Waals surface area contributed by atoms with Crippen LogP contribution in [0.1, 0.15) is 33.6 Å². The second-order valence-electron chi connectivity index (χ2n) is 5.63. The van der Waals surface area contributed by atoms with Crippen LogP contribution in [0, 0.1) is 11.3 Å². The third kappa shape index (κ3) is 4.71. The van der Waals surface area contributed by atoms with Gasteiger partial charge in [-0.25, -0.2) is 0 Å². The molecule has 1 aliphatic heterocycles. The molecule has 0 radical (unpaired) electrons. The Morgan fingerprint density at radius 2 is 1.81 bits per heavy atom. The van der Waals surface area contributed by atoms with Gasteiger partial charge in [0.2, 0.25) is 5.91 Å². The molecule has 96 valence electrons. The highest BCUT2D eigenvalue weighted by atomic mass is 35.5. The van der Waals surface area contributed by atoms with Crippen LogP contribution in [0.15, 0.2) is 0 Å². The van der Waals surface area contributed by atoms with Crippen LogP contribution in [0.25, 0.3) is 0 Å². The molecule has 1 aliphatic rings. The monoisotopic (exact) mass is 248 g/mol. The van der Waals surface area contributed by atoms with Crippen LogP contribution in [0.2, 0.25) is 0 Å². The van der Waals surface area contributed by atoms with E-state index in [4.69, 9.17) is 0 Å². The van der Waals surface area contributed by atoms with Gasteiger partial charge in [-0.1, -0.05) is 20.8 Å². The highest BCUT2D eigenvalue weighted by Gasteiger charge is 2.26. The van der Waals surface area contributed by atoms with E-state index in [1.807, 2.05) is 32.7 Å². The van der Waals surface area contributed by atoms with E-state index in [1.54, 1.807) is 0 Å². The van der Waals surface area contributed by atoms with Crippen molar-refractivity contribution in [3.8, 4) is 0 Å². The van der Waals surface area contributed by atoms with Crippen molar-refractivity contribution in [1.82, 2.24) is 10.2 Å². The maximum atomic E-state index is 11.9. The number of hydrogen-bond donors (Lipinski definition) is 1. The van der Waals surface area contributed by atoms with E-state index in [2.05, 4.69) is 5.32 Å². The zero-order valence-electron chi connectivity index (χ0n) is 10.9. The van der Waals surface area contributed by atoms with Crippen molar-refractivity contribution in [2.75, 3.05) is 26.7 Å². The number of carbonyl (C=O) groups is 1. The molecule has 1 saturated heterocycles. The van der Waals surface area contributed by atoms with Gasteiger partial charge in [0, 0.05) is 19.0 Å². The van der Waals surface area contributed by atoms with Gasteiger partial charge in [0.05, 0.1) is 0 Å². The van der Waals surface area contributed by atoms with Crippen LogP contribution in [0.4, 0.5) is 0 Å². The molecule has 0 aromatic carbocycles. The van der Waals surface area contributed by atoms with Gasteiger partial charge in [-0.15, -0.1) is 12.4 Å². The van der Waals surface area contributed by atoms with Gasteiger partial charge in [0.1, 0.15) is 0 Å². The first-order valence-corrected chi connectivity index (χ1v) is 5.87. The summed E-state index contributed by atoms with van der Waals surface area (Å²) in [5, 5.41) is 3.34. The zero-order chi connectivity index (χ0) is 11.5. The van der Waals surface area contributed by atoms with Gasteiger partial charge < -0.3 is 10.2 Å². The summed E-state index contributed by atoms with van der Waals surface area (Å²) in [5.41, 5.74) is -0.248. The highest BCUT2D eigenvalue weighted by Crippen LogP contribution is 2.19. The fourth-order valence-corrected chi connectivity index (χ4v) is 2.11. The van der Waals surface area contributed by atoms with Gasteiger partial charge in [0.25, 0.3) is 0 Å². The van der Waals surface area contributed by atoms with E-state index in [-0.39, 0.29) is 23.7 Å². The SMILES string of the molecule is CN(CC1CCNCC1)C(=O)C(C)(C)C.Cl. The molecule has 0 aromatic rings. The molecule has 0 aliphatic carbocycles. The summed E-state index contributed by atoms with van der Waals surface area (Å²) >= 11 is 0. The van der Waals surface area contributed by atoms with Crippen LogP contribution in [-0.4, -0.2) is 37.5 Å². The van der Waals surface area contributed by atoms with E-state index < -0.39 is 0 Å². The number of nitrogens with zero attached hydrogens (tertiary/aromatic N) is 1. The van der Waals surface area contributed by atoms with Crippen LogP contribution < -0.4 is 5.32 Å². The van der Waals surface area contributed by atoms with Crippen LogP contribution >= 0.6 is 12.4 Å². The molecule has 0 aromatic heterocycles. The third-order valence-corrected chi connectivity index (χ3v) is 2.98. The van der Waals surface area contributed by atoms with Gasteiger partial charge in [-0.05, 0) is 31.8 Å². The minimum absolute atomic E-state index is 0. The largest absolute Gasteiger partial charge is 0.345 e. The maximum absolute atomic E-state index is 11.9. The van der Waals surface area contributed by atoms with E-state index in [0.29, 0.717) is 5.92 Å². The molecule has 0 spiro atoms. The molecule has 1 fully saturated rings. The molecule has 1 N–H and O–H groups in total. The topological polar surface area (TPSA) is 32.3 Å². The van der Waals surface area contributed by atoms with Gasteiger partial charge >= 0.3 is 0 Å². The quantitative estimate of drug-likeness (QED) is 0.810. The summed E-state index contributed by atoms with van der Waals surface area (Å²) in [6.45, 7) is 9.05. The predicted octanol–water partition coefficient (Wildman–Crippen LogP) is 1.91. The summed E-state index contributed by atoms with van der Waals surface area (Å²) in [6.07, 6.45) is 2.39. The Balaban J connectivity index is 0.00000225. The lowest BCUT2D eigenvalue weighted by Gasteiger charge is -2.31. The van der Waals surface area contributed by atoms with E-state index in [0.717, 1.165) is 19.6 Å². The number of halogens is 1. The molecule has 1 rings (SSSR count). The summed E-state index contributed by atoms with van der Waals surface area (Å²) in [7, 11) is 1.93. The van der Waals surface area contributed by atoms with Crippen molar-refractivity contribution in [2.45, 2.75) is 33.6 Å². The maximum Gasteiger partial charge on any atom is 0.227 e. The Hall–Kier alpha value is -0.280. The van der Waals surface area contributed by atoms with E-state index >= 15 is 0 Å². The number of piperidine rings is 1. The summed E-state index contributed by atoms with van der Waals surface area (Å²) in [5.74, 6) is 0.934. The number of amides is 1. The number of nitrogens with one attached hydrogen (secondary N) is 1. The summed E-state index contributed by atoms with van der Waals surface area (Å²) < 4.78 is 0. The Morgan fingerprint density at radius 3 is 2.25 bits per heavy atom. The smallest absolute Gasteiger partial charge is 0.227 e. The number of carbonyl (C=O) groups excluding carboxylic acids is 1. The van der Waals surface area contributed by atoms with Crippen molar-refractivity contribution in [3.63, 3.8) is 0 Å². The van der Waals surface area contributed by atoms with Crippen molar-refractivity contribution in [2.24, 2.45) is 11.3 Å². The Kier molecular flexibility index (Phi) is 6.34. The Morgan fingerprint density at radius 1 is 1.31 bits per heavy atom. The highest BCUT2D eigenvalue weighted by molar-refractivity contribution is 5.85. The summed E-state index contributed by atoms with van der Waals surface area (Å²) in [4.78, 5) is 13.8. The van der Waals surface area contributed by atoms with Crippen molar-refractivity contribution >= 4 is 18.3 Å². The fraction of sp³-hybridized carbons (Fsp3) is 0.917. The van der Waals surface area contributed by atoms with Crippen LogP contribution in [0.3, 0.4) is 0 Å². The molecule has 0 bridgehead atoms. The molecular weight excluding hydrogens is 224 g/mol. The third-order valence-electron chi connectivity index (χ3n) is 2.98. The first-order valence-electron chi connectivity index (χ1n) is 5.87. The average Bonchev–Trinajstić information content (AvgIpc) is 2.16. The molecular formula is C12H25ClN2O. The molecule has 1 amide bonds. The second-order valence-corrected chi connectivity index (χ2v) is 5.63. The Bertz CT molecular complexity index is 220. The second kappa shape index (κ2) is 6.45. The van der Waals surface area contributed by atoms with Crippen molar-refractivity contribution < 1.29 is 4.79 Å². The molecule has 1 heterocycles. The lowest BCUT2D eigenvalue weighted by atomic mass is 9.93. The molecule has 0 saturated carbocycles. The normalized spacial score (nSPS) is 17.8. The van der Waals surface area contributed by atoms with Gasteiger partial charge in [0.15, 0.2) is 0 Å². The van der Waals surface area contributed by atoms with Crippen molar-refractivity contribution in [1.29, 1.82) is 0 Å². The minimum Gasteiger partial charge on any atom is -0.345 e. The molecule has 0 atom stereocenters. The Labute approximate surface area is 105 Å². The van der Waals surface area contributed by atoms with Gasteiger partial charge in [-0.3, -0.25) is 4.79 Å². The molecule has 4 heteroatoms. The molecule has 16 heavy (non-hydrogen) atoms. The molecule has 0 unspecified atom stereocenters. The fourth-order valence-electron chi connectivity index (χ4n) is 2.11. The van der Waals surface area contributed by atoms with Crippen molar-refractivity contribution in [3.05, 3.63) is 0 Å². The average molecular weight is 249 g/mol. The first-order chi connectivity index (χ1) is 6.91. The standard InChI is InChI=1S/C12H24N2O.ClH/c1-12(2,3)11(15)14(4)9-10-5-7-13-8-6-10;/h10,13H,5-9H2,1-4H3;1H. The minimum atomic E-state index is -0.248. The van der Waals surface area contributed by atoms with Crippen LogP contribution in [-0.2, 0) is 4.79 Å². The lowest BCUT2D eigenvalue weighted by molar-refractivity contribution is -0.138. The predicted molar refractivity (Wildman–Crippen MR) is 69.9 cm³/mol. The summed E-state index contributed by atoms with van der Waals surface area (Å²) in [6, 6.07) is 0. The number of hydrogen-bond acceptors (Lipinski definition) is 2. The number of rotatable bonds is 2. The van der Waals surface area contributed by atoms with Gasteiger partial charge in [-0.2, -0.15) is 0 Å². The lowest BCUT2D eigenvalue weighted by Crippen LogP contribution is -2.41. The van der Waals surface area contributed by atoms with E-state index in [9.17, 15) is 4.79 Å².